The second-order valence-corrected chi connectivity index (χ2v) is 10.3. The summed E-state index contributed by atoms with van der Waals surface area (Å²) in [4.78, 5) is 31.4. The largest absolute Gasteiger partial charge is 0.444 e. The Kier molecular flexibility index (Phi) is 6.57. The first-order valence-electron chi connectivity index (χ1n) is 10.4. The monoisotopic (exact) mass is 533 g/mol. The van der Waals surface area contributed by atoms with Gasteiger partial charge in [0.2, 0.25) is 5.95 Å². The Bertz CT molecular complexity index is 858. The van der Waals surface area contributed by atoms with Gasteiger partial charge in [-0.3, -0.25) is 9.36 Å². The number of amides is 1. The number of hydrogen-bond donors (Lipinski definition) is 2. The third kappa shape index (κ3) is 4.53. The van der Waals surface area contributed by atoms with Crippen molar-refractivity contribution in [3.8, 4) is 0 Å². The molecule has 0 aromatic carbocycles. The van der Waals surface area contributed by atoms with E-state index in [-0.39, 0.29) is 28.9 Å². The van der Waals surface area contributed by atoms with Crippen molar-refractivity contribution in [2.45, 2.75) is 64.7 Å². The summed E-state index contributed by atoms with van der Waals surface area (Å²) in [5.41, 5.74) is 5.08. The van der Waals surface area contributed by atoms with E-state index in [9.17, 15) is 9.59 Å². The fourth-order valence-corrected chi connectivity index (χ4v) is 4.84. The molecule has 1 aromatic heterocycles. The van der Waals surface area contributed by atoms with Crippen LogP contribution in [0.1, 0.15) is 47.0 Å². The highest BCUT2D eigenvalue weighted by atomic mass is 127. The number of aromatic nitrogens is 2. The molecule has 0 unspecified atom stereocenters. The van der Waals surface area contributed by atoms with E-state index >= 15 is 0 Å². The molecule has 3 rings (SSSR count). The predicted molar refractivity (Wildman–Crippen MR) is 124 cm³/mol. The number of anilines is 2. The summed E-state index contributed by atoms with van der Waals surface area (Å²) in [5.74, 6) is 0.837. The van der Waals surface area contributed by atoms with Gasteiger partial charge < -0.3 is 25.4 Å². The maximum absolute atomic E-state index is 12.5. The molecule has 9 nitrogen and oxygen atoms in total. The van der Waals surface area contributed by atoms with Crippen molar-refractivity contribution < 1.29 is 14.3 Å². The number of carbonyl (C=O) groups excluding carboxylic acids is 1. The first-order chi connectivity index (χ1) is 14.0. The zero-order valence-electron chi connectivity index (χ0n) is 18.3. The summed E-state index contributed by atoms with van der Waals surface area (Å²) in [5, 5.41) is 3.09. The van der Waals surface area contributed by atoms with Crippen LogP contribution in [0.5, 0.6) is 0 Å². The normalized spacial score (nSPS) is 23.6. The minimum absolute atomic E-state index is 0.0412. The zero-order valence-corrected chi connectivity index (χ0v) is 20.5. The van der Waals surface area contributed by atoms with Gasteiger partial charge in [-0.1, -0.05) is 6.92 Å². The van der Waals surface area contributed by atoms with Crippen molar-refractivity contribution in [3.05, 3.63) is 13.9 Å². The van der Waals surface area contributed by atoms with E-state index in [0.717, 1.165) is 19.3 Å². The number of halogens is 1. The lowest BCUT2D eigenvalue weighted by Crippen LogP contribution is -2.55. The van der Waals surface area contributed by atoms with Crippen molar-refractivity contribution in [2.75, 3.05) is 30.3 Å². The molecule has 10 heteroatoms. The molecule has 2 aliphatic rings. The molecule has 30 heavy (non-hydrogen) atoms. The molecule has 1 amide bonds. The van der Waals surface area contributed by atoms with Crippen LogP contribution in [-0.4, -0.2) is 53.1 Å². The number of piperidine rings is 1. The fourth-order valence-electron chi connectivity index (χ4n) is 4.36. The van der Waals surface area contributed by atoms with Gasteiger partial charge in [-0.2, -0.15) is 4.98 Å². The number of alkyl carbamates (subject to hydrolysis) is 1. The zero-order chi connectivity index (χ0) is 22.3. The first kappa shape index (κ1) is 23.1. The van der Waals surface area contributed by atoms with Gasteiger partial charge in [-0.25, -0.2) is 4.79 Å². The van der Waals surface area contributed by atoms with Crippen LogP contribution in [0, 0.1) is 8.99 Å². The molecular weight excluding hydrogens is 501 g/mol. The average Bonchev–Trinajstić information content (AvgIpc) is 2.99. The van der Waals surface area contributed by atoms with Crippen molar-refractivity contribution in [1.29, 1.82) is 0 Å². The van der Waals surface area contributed by atoms with E-state index < -0.39 is 11.7 Å². The summed E-state index contributed by atoms with van der Waals surface area (Å²) < 4.78 is 13.6. The Hall–Kier alpha value is -1.56. The molecule has 2 fully saturated rings. The number of nitrogens with zero attached hydrogens (tertiary/aromatic N) is 3. The minimum atomic E-state index is -0.553. The van der Waals surface area contributed by atoms with Crippen LogP contribution in [-0.2, 0) is 16.5 Å². The van der Waals surface area contributed by atoms with Gasteiger partial charge in [0.05, 0.1) is 18.8 Å². The van der Waals surface area contributed by atoms with Gasteiger partial charge in [-0.15, -0.1) is 0 Å². The number of nitrogen functional groups attached to an aromatic ring is 1. The van der Waals surface area contributed by atoms with Gasteiger partial charge in [0.25, 0.3) is 5.56 Å². The van der Waals surface area contributed by atoms with Crippen LogP contribution in [0.2, 0.25) is 0 Å². The van der Waals surface area contributed by atoms with Gasteiger partial charge in [0.15, 0.2) is 0 Å². The quantitative estimate of drug-likeness (QED) is 0.574. The molecule has 0 radical (unpaired) electrons. The molecule has 1 aromatic rings. The van der Waals surface area contributed by atoms with Crippen molar-refractivity contribution >= 4 is 40.5 Å². The highest BCUT2D eigenvalue weighted by Gasteiger charge is 2.51. The van der Waals surface area contributed by atoms with Crippen molar-refractivity contribution in [1.82, 2.24) is 14.9 Å². The van der Waals surface area contributed by atoms with Gasteiger partial charge in [-0.05, 0) is 62.6 Å². The maximum atomic E-state index is 12.5. The van der Waals surface area contributed by atoms with E-state index in [1.165, 1.54) is 0 Å². The van der Waals surface area contributed by atoms with Crippen molar-refractivity contribution in [3.63, 3.8) is 0 Å². The lowest BCUT2D eigenvalue weighted by Gasteiger charge is -2.43. The lowest BCUT2D eigenvalue weighted by atomic mass is 9.72. The molecule has 1 spiro atoms. The highest BCUT2D eigenvalue weighted by molar-refractivity contribution is 14.1. The summed E-state index contributed by atoms with van der Waals surface area (Å²) in [6, 6.07) is -0.113. The summed E-state index contributed by atoms with van der Waals surface area (Å²) in [6.07, 6.45) is 1.99. The van der Waals surface area contributed by atoms with Crippen molar-refractivity contribution in [2.24, 2.45) is 12.5 Å². The number of nitrogens with one attached hydrogen (secondary N) is 1. The Balaban J connectivity index is 1.77. The summed E-state index contributed by atoms with van der Waals surface area (Å²) in [6.45, 7) is 9.63. The second-order valence-electron chi connectivity index (χ2n) is 9.21. The van der Waals surface area contributed by atoms with E-state index in [2.05, 4.69) is 22.1 Å². The molecule has 0 saturated carbocycles. The molecule has 0 bridgehead atoms. The van der Waals surface area contributed by atoms with Crippen LogP contribution in [0.15, 0.2) is 4.79 Å². The van der Waals surface area contributed by atoms with Crippen LogP contribution < -0.4 is 21.5 Å². The number of rotatable bonds is 3. The SMILES string of the molecule is CC[C@@H]1OCC2(CCN(c3nc(N)c(I)c(=O)n3C)CC2)[C@@H]1NC(=O)OC(C)(C)C. The molecular formula is C20H32IN5O4. The molecule has 2 saturated heterocycles. The van der Waals surface area contributed by atoms with Gasteiger partial charge in [0.1, 0.15) is 15.0 Å². The smallest absolute Gasteiger partial charge is 0.407 e. The Labute approximate surface area is 190 Å². The predicted octanol–water partition coefficient (Wildman–Crippen LogP) is 2.26. The highest BCUT2D eigenvalue weighted by Crippen LogP contribution is 2.43. The number of hydrogen-bond acceptors (Lipinski definition) is 7. The third-order valence-electron chi connectivity index (χ3n) is 5.97. The molecule has 168 valence electrons. The van der Waals surface area contributed by atoms with E-state index in [1.807, 2.05) is 43.4 Å². The number of carbonyl (C=O) groups is 1. The Morgan fingerprint density at radius 3 is 2.60 bits per heavy atom. The van der Waals surface area contributed by atoms with E-state index in [0.29, 0.717) is 29.2 Å². The van der Waals surface area contributed by atoms with Gasteiger partial charge in [0, 0.05) is 25.6 Å². The van der Waals surface area contributed by atoms with Crippen LogP contribution in [0.25, 0.3) is 0 Å². The van der Waals surface area contributed by atoms with Gasteiger partial charge >= 0.3 is 6.09 Å². The standard InChI is InChI=1S/C20H32IN5O4/c1-6-12-14(23-18(28)30-19(2,3)4)20(11-29-12)7-9-26(10-8-20)17-24-15(22)13(21)16(27)25(17)5/h12,14H,6-11,22H2,1-5H3,(H,23,28)/t12-,14+/m0/s1. The Morgan fingerprint density at radius 1 is 1.40 bits per heavy atom. The average molecular weight is 533 g/mol. The topological polar surface area (TPSA) is 112 Å². The summed E-state index contributed by atoms with van der Waals surface area (Å²) >= 11 is 1.93. The van der Waals surface area contributed by atoms with Crippen LogP contribution in [0.4, 0.5) is 16.6 Å². The number of nitrogens with two attached hydrogens (primary N) is 1. The summed E-state index contributed by atoms with van der Waals surface area (Å²) in [7, 11) is 1.72. The first-order valence-corrected chi connectivity index (χ1v) is 11.4. The fraction of sp³-hybridized carbons (Fsp3) is 0.750. The third-order valence-corrected chi connectivity index (χ3v) is 6.98. The van der Waals surface area contributed by atoms with Crippen LogP contribution >= 0.6 is 22.6 Å². The molecule has 2 aliphatic heterocycles. The second kappa shape index (κ2) is 8.52. The van der Waals surface area contributed by atoms with E-state index in [4.69, 9.17) is 15.2 Å². The minimum Gasteiger partial charge on any atom is -0.444 e. The molecule has 3 N–H and O–H groups in total. The molecule has 3 heterocycles. The number of ether oxygens (including phenoxy) is 2. The maximum Gasteiger partial charge on any atom is 0.407 e. The van der Waals surface area contributed by atoms with Crippen LogP contribution in [0.3, 0.4) is 0 Å². The van der Waals surface area contributed by atoms with E-state index in [1.54, 1.807) is 11.6 Å². The molecule has 2 atom stereocenters. The lowest BCUT2D eigenvalue weighted by molar-refractivity contribution is 0.0422. The molecule has 0 aliphatic carbocycles. The Morgan fingerprint density at radius 2 is 2.03 bits per heavy atom.